The van der Waals surface area contributed by atoms with Gasteiger partial charge in [-0.2, -0.15) is 0 Å². The van der Waals surface area contributed by atoms with Crippen LogP contribution < -0.4 is 5.32 Å². The number of halogens is 2. The predicted octanol–water partition coefficient (Wildman–Crippen LogP) is 5.09. The molecule has 0 atom stereocenters. The molecule has 3 nitrogen and oxygen atoms in total. The van der Waals surface area contributed by atoms with Crippen LogP contribution in [0.5, 0.6) is 0 Å². The third-order valence-corrected chi connectivity index (χ3v) is 4.89. The molecule has 6 heteroatoms. The van der Waals surface area contributed by atoms with Gasteiger partial charge in [0.2, 0.25) is 5.91 Å². The first-order chi connectivity index (χ1) is 10.5. The van der Waals surface area contributed by atoms with E-state index in [0.717, 1.165) is 21.3 Å². The van der Waals surface area contributed by atoms with Crippen LogP contribution in [0.3, 0.4) is 0 Å². The highest BCUT2D eigenvalue weighted by Crippen LogP contribution is 2.28. The molecule has 3 rings (SSSR count). The number of amides is 1. The van der Waals surface area contributed by atoms with Gasteiger partial charge in [-0.05, 0) is 36.2 Å². The number of carbonyl (C=O) groups excluding carboxylic acids is 1. The average molecular weight is 351 g/mol. The zero-order valence-corrected chi connectivity index (χ0v) is 14.0. The Balaban J connectivity index is 1.75. The molecule has 0 saturated carbocycles. The van der Waals surface area contributed by atoms with Crippen molar-refractivity contribution >= 4 is 55.8 Å². The standard InChI is InChI=1S/C16H12Cl2N2OS/c1-9-3-2-4-13-15(9)20-16(22-13)19-14(21)8-10-5-6-11(17)12(18)7-10/h2-7H,8H2,1H3,(H,19,20,21). The van der Waals surface area contributed by atoms with E-state index in [9.17, 15) is 4.79 Å². The number of hydrogen-bond donors (Lipinski definition) is 1. The number of anilines is 1. The summed E-state index contributed by atoms with van der Waals surface area (Å²) in [5, 5.41) is 4.37. The SMILES string of the molecule is Cc1cccc2sc(NC(=O)Cc3ccc(Cl)c(Cl)c3)nc12. The van der Waals surface area contributed by atoms with Crippen molar-refractivity contribution in [2.24, 2.45) is 0 Å². The van der Waals surface area contributed by atoms with Crippen LogP contribution in [-0.2, 0) is 11.2 Å². The topological polar surface area (TPSA) is 42.0 Å². The minimum atomic E-state index is -0.130. The molecule has 22 heavy (non-hydrogen) atoms. The second-order valence-corrected chi connectivity index (χ2v) is 6.76. The molecule has 0 aliphatic heterocycles. The van der Waals surface area contributed by atoms with E-state index in [0.29, 0.717) is 15.2 Å². The lowest BCUT2D eigenvalue weighted by atomic mass is 10.1. The second-order valence-electron chi connectivity index (χ2n) is 4.91. The van der Waals surface area contributed by atoms with Crippen LogP contribution in [0, 0.1) is 6.92 Å². The summed E-state index contributed by atoms with van der Waals surface area (Å²) >= 11 is 13.3. The molecule has 1 heterocycles. The molecule has 0 radical (unpaired) electrons. The van der Waals surface area contributed by atoms with Gasteiger partial charge in [-0.1, -0.05) is 52.7 Å². The van der Waals surface area contributed by atoms with Crippen molar-refractivity contribution in [1.29, 1.82) is 0 Å². The van der Waals surface area contributed by atoms with E-state index in [1.54, 1.807) is 18.2 Å². The fourth-order valence-electron chi connectivity index (χ4n) is 2.14. The van der Waals surface area contributed by atoms with Gasteiger partial charge in [0.05, 0.1) is 26.7 Å². The number of carbonyl (C=O) groups is 1. The Morgan fingerprint density at radius 1 is 1.23 bits per heavy atom. The monoisotopic (exact) mass is 350 g/mol. The summed E-state index contributed by atoms with van der Waals surface area (Å²) in [6.45, 7) is 2.00. The summed E-state index contributed by atoms with van der Waals surface area (Å²) < 4.78 is 1.06. The smallest absolute Gasteiger partial charge is 0.230 e. The van der Waals surface area contributed by atoms with E-state index >= 15 is 0 Å². The van der Waals surface area contributed by atoms with Crippen LogP contribution in [0.25, 0.3) is 10.2 Å². The lowest BCUT2D eigenvalue weighted by Gasteiger charge is -2.03. The van der Waals surface area contributed by atoms with Gasteiger partial charge in [-0.25, -0.2) is 4.98 Å². The molecule has 3 aromatic rings. The van der Waals surface area contributed by atoms with Crippen LogP contribution in [0.15, 0.2) is 36.4 Å². The summed E-state index contributed by atoms with van der Waals surface area (Å²) in [5.41, 5.74) is 2.83. The van der Waals surface area contributed by atoms with Gasteiger partial charge in [0.25, 0.3) is 0 Å². The van der Waals surface area contributed by atoms with Crippen molar-refractivity contribution < 1.29 is 4.79 Å². The number of para-hydroxylation sites is 1. The highest BCUT2D eigenvalue weighted by atomic mass is 35.5. The minimum Gasteiger partial charge on any atom is -0.302 e. The Kier molecular flexibility index (Phi) is 4.34. The van der Waals surface area contributed by atoms with Crippen molar-refractivity contribution in [1.82, 2.24) is 4.98 Å². The highest BCUT2D eigenvalue weighted by Gasteiger charge is 2.10. The van der Waals surface area contributed by atoms with E-state index in [4.69, 9.17) is 23.2 Å². The Labute approximate surface area is 141 Å². The summed E-state index contributed by atoms with van der Waals surface area (Å²) in [6.07, 6.45) is 0.228. The molecular formula is C16H12Cl2N2OS. The number of nitrogens with one attached hydrogen (secondary N) is 1. The summed E-state index contributed by atoms with van der Waals surface area (Å²) in [7, 11) is 0. The minimum absolute atomic E-state index is 0.130. The molecular weight excluding hydrogens is 339 g/mol. The first-order valence-corrected chi connectivity index (χ1v) is 8.20. The van der Waals surface area contributed by atoms with Crippen molar-refractivity contribution in [2.45, 2.75) is 13.3 Å². The molecule has 1 aromatic heterocycles. The number of hydrogen-bond acceptors (Lipinski definition) is 3. The summed E-state index contributed by atoms with van der Waals surface area (Å²) in [6, 6.07) is 11.2. The fourth-order valence-corrected chi connectivity index (χ4v) is 3.42. The normalized spacial score (nSPS) is 10.9. The third kappa shape index (κ3) is 3.24. The number of benzene rings is 2. The number of thiazole rings is 1. The zero-order valence-electron chi connectivity index (χ0n) is 11.7. The molecule has 1 N–H and O–H groups in total. The number of aryl methyl sites for hydroxylation is 1. The number of rotatable bonds is 3. The summed E-state index contributed by atoms with van der Waals surface area (Å²) in [4.78, 5) is 16.6. The Bertz CT molecular complexity index is 860. The van der Waals surface area contributed by atoms with Crippen molar-refractivity contribution in [3.05, 3.63) is 57.6 Å². The maximum absolute atomic E-state index is 12.1. The highest BCUT2D eigenvalue weighted by molar-refractivity contribution is 7.22. The van der Waals surface area contributed by atoms with Gasteiger partial charge in [0.15, 0.2) is 5.13 Å². The first kappa shape index (κ1) is 15.3. The van der Waals surface area contributed by atoms with Gasteiger partial charge in [0, 0.05) is 0 Å². The Hall–Kier alpha value is -1.62. The maximum Gasteiger partial charge on any atom is 0.230 e. The van der Waals surface area contributed by atoms with E-state index in [2.05, 4.69) is 10.3 Å². The van der Waals surface area contributed by atoms with Crippen molar-refractivity contribution in [3.8, 4) is 0 Å². The molecule has 0 aliphatic carbocycles. The van der Waals surface area contributed by atoms with Gasteiger partial charge >= 0.3 is 0 Å². The molecule has 0 fully saturated rings. The molecule has 0 unspecified atom stereocenters. The van der Waals surface area contributed by atoms with Gasteiger partial charge in [-0.3, -0.25) is 4.79 Å². The van der Waals surface area contributed by atoms with Crippen LogP contribution in [-0.4, -0.2) is 10.9 Å². The molecule has 0 bridgehead atoms. The molecule has 112 valence electrons. The molecule has 2 aromatic carbocycles. The Morgan fingerprint density at radius 3 is 2.77 bits per heavy atom. The van der Waals surface area contributed by atoms with Crippen molar-refractivity contribution in [3.63, 3.8) is 0 Å². The fraction of sp³-hybridized carbons (Fsp3) is 0.125. The van der Waals surface area contributed by atoms with E-state index in [1.807, 2.05) is 25.1 Å². The van der Waals surface area contributed by atoms with E-state index in [-0.39, 0.29) is 12.3 Å². The van der Waals surface area contributed by atoms with Crippen LogP contribution in [0.2, 0.25) is 10.0 Å². The molecule has 0 saturated heterocycles. The van der Waals surface area contributed by atoms with Crippen LogP contribution >= 0.6 is 34.5 Å². The maximum atomic E-state index is 12.1. The zero-order chi connectivity index (χ0) is 15.7. The average Bonchev–Trinajstić information content (AvgIpc) is 2.87. The second kappa shape index (κ2) is 6.24. The third-order valence-electron chi connectivity index (χ3n) is 3.22. The van der Waals surface area contributed by atoms with E-state index in [1.165, 1.54) is 11.3 Å². The molecule has 0 spiro atoms. The quantitative estimate of drug-likeness (QED) is 0.714. The summed E-state index contributed by atoms with van der Waals surface area (Å²) in [5.74, 6) is -0.130. The molecule has 1 amide bonds. The number of fused-ring (bicyclic) bond motifs is 1. The van der Waals surface area contributed by atoms with Crippen molar-refractivity contribution in [2.75, 3.05) is 5.32 Å². The van der Waals surface area contributed by atoms with Gasteiger partial charge < -0.3 is 5.32 Å². The Morgan fingerprint density at radius 2 is 2.05 bits per heavy atom. The largest absolute Gasteiger partial charge is 0.302 e. The number of nitrogens with zero attached hydrogens (tertiary/aromatic N) is 1. The van der Waals surface area contributed by atoms with Gasteiger partial charge in [-0.15, -0.1) is 0 Å². The first-order valence-electron chi connectivity index (χ1n) is 6.63. The number of aromatic nitrogens is 1. The van der Waals surface area contributed by atoms with Crippen LogP contribution in [0.1, 0.15) is 11.1 Å². The molecule has 0 aliphatic rings. The lowest BCUT2D eigenvalue weighted by Crippen LogP contribution is -2.14. The predicted molar refractivity (Wildman–Crippen MR) is 93.2 cm³/mol. The van der Waals surface area contributed by atoms with Crippen LogP contribution in [0.4, 0.5) is 5.13 Å². The lowest BCUT2D eigenvalue weighted by molar-refractivity contribution is -0.115. The van der Waals surface area contributed by atoms with E-state index < -0.39 is 0 Å². The van der Waals surface area contributed by atoms with Gasteiger partial charge in [0.1, 0.15) is 0 Å².